The van der Waals surface area contributed by atoms with Gasteiger partial charge in [-0.05, 0) is 54.1 Å². The number of nitrogens with zero attached hydrogens (tertiary/aromatic N) is 2. The standard InChI is InChI=1S/C26H19ClF5N5O2/c1-37-5-4-33-25(37)34-16-10-18-21(22(36-24(18)39)17-9-14(28)2-3-19(17)27)20(11-16)35-23(38)12-6-13(26(30,31)32)8-15(29)7-12/h2-11,22,24,36,39H,1H3,(H,33,34)(H,35,38). The third-order valence-corrected chi connectivity index (χ3v) is 6.55. The molecule has 202 valence electrons. The molecule has 2 heterocycles. The molecule has 7 nitrogen and oxygen atoms in total. The average molecular weight is 564 g/mol. The fourth-order valence-corrected chi connectivity index (χ4v) is 4.63. The van der Waals surface area contributed by atoms with E-state index in [9.17, 15) is 31.9 Å². The highest BCUT2D eigenvalue weighted by Gasteiger charge is 2.36. The van der Waals surface area contributed by atoms with E-state index in [1.807, 2.05) is 0 Å². The molecule has 0 bridgehead atoms. The maximum Gasteiger partial charge on any atom is 0.416 e. The number of hydrogen-bond acceptors (Lipinski definition) is 5. The zero-order valence-corrected chi connectivity index (χ0v) is 20.7. The molecule has 4 N–H and O–H groups in total. The molecule has 5 rings (SSSR count). The van der Waals surface area contributed by atoms with Gasteiger partial charge < -0.3 is 20.3 Å². The summed E-state index contributed by atoms with van der Waals surface area (Å²) < 4.78 is 69.5. The zero-order valence-electron chi connectivity index (χ0n) is 19.9. The predicted molar refractivity (Wildman–Crippen MR) is 134 cm³/mol. The van der Waals surface area contributed by atoms with Crippen molar-refractivity contribution in [2.45, 2.75) is 18.4 Å². The first-order valence-electron chi connectivity index (χ1n) is 11.4. The second-order valence-electron chi connectivity index (χ2n) is 8.86. The van der Waals surface area contributed by atoms with Gasteiger partial charge in [0, 0.05) is 52.5 Å². The normalized spacial score (nSPS) is 16.7. The van der Waals surface area contributed by atoms with Gasteiger partial charge in [-0.1, -0.05) is 11.6 Å². The second kappa shape index (κ2) is 9.95. The van der Waals surface area contributed by atoms with Crippen molar-refractivity contribution in [3.05, 3.63) is 105 Å². The molecule has 0 fully saturated rings. The van der Waals surface area contributed by atoms with E-state index in [-0.39, 0.29) is 27.9 Å². The number of aromatic nitrogens is 2. The highest BCUT2D eigenvalue weighted by Crippen LogP contribution is 2.44. The SMILES string of the molecule is Cn1ccnc1Nc1cc(NC(=O)c2cc(F)cc(C(F)(F)F)c2)c2c(c1)C(O)NC2c1cc(F)ccc1Cl. The zero-order chi connectivity index (χ0) is 28.1. The number of aliphatic hydroxyl groups excluding tert-OH is 1. The van der Waals surface area contributed by atoms with E-state index in [0.29, 0.717) is 29.3 Å². The molecule has 0 saturated carbocycles. The molecule has 4 aromatic rings. The van der Waals surface area contributed by atoms with Crippen molar-refractivity contribution in [2.24, 2.45) is 7.05 Å². The van der Waals surface area contributed by atoms with E-state index in [1.54, 1.807) is 30.1 Å². The number of amides is 1. The summed E-state index contributed by atoms with van der Waals surface area (Å²) in [7, 11) is 1.73. The van der Waals surface area contributed by atoms with Crippen LogP contribution in [0.5, 0.6) is 0 Å². The van der Waals surface area contributed by atoms with Gasteiger partial charge in [0.15, 0.2) is 0 Å². The third kappa shape index (κ3) is 5.31. The summed E-state index contributed by atoms with van der Waals surface area (Å²) in [5.74, 6) is -2.47. The Labute approximate surface area is 223 Å². The fourth-order valence-electron chi connectivity index (χ4n) is 4.41. The number of imidazole rings is 1. The molecule has 1 aliphatic heterocycles. The number of halogens is 6. The number of hydrogen-bond donors (Lipinski definition) is 4. The molecule has 13 heteroatoms. The van der Waals surface area contributed by atoms with E-state index in [4.69, 9.17) is 11.6 Å². The van der Waals surface area contributed by atoms with Crippen LogP contribution in [0, 0.1) is 11.6 Å². The van der Waals surface area contributed by atoms with E-state index < -0.39 is 47.1 Å². The number of fused-ring (bicyclic) bond motifs is 1. The van der Waals surface area contributed by atoms with Crippen LogP contribution in [0.2, 0.25) is 5.02 Å². The van der Waals surface area contributed by atoms with Crippen LogP contribution >= 0.6 is 11.6 Å². The number of benzene rings is 3. The van der Waals surface area contributed by atoms with Crippen LogP contribution in [-0.2, 0) is 13.2 Å². The molecule has 0 aliphatic carbocycles. The molecule has 0 spiro atoms. The third-order valence-electron chi connectivity index (χ3n) is 6.20. The molecule has 1 aromatic heterocycles. The molecule has 1 aliphatic rings. The van der Waals surface area contributed by atoms with Crippen LogP contribution in [0.15, 0.2) is 60.9 Å². The molecule has 1 amide bonds. The lowest BCUT2D eigenvalue weighted by atomic mass is 9.95. The maximum absolute atomic E-state index is 14.1. The van der Waals surface area contributed by atoms with E-state index in [1.165, 1.54) is 12.1 Å². The van der Waals surface area contributed by atoms with Crippen molar-refractivity contribution in [3.63, 3.8) is 0 Å². The lowest BCUT2D eigenvalue weighted by Crippen LogP contribution is -2.20. The topological polar surface area (TPSA) is 91.2 Å². The molecule has 3 aromatic carbocycles. The summed E-state index contributed by atoms with van der Waals surface area (Å²) in [6.07, 6.45) is -2.94. The minimum absolute atomic E-state index is 0.0569. The molecule has 2 unspecified atom stereocenters. The number of aryl methyl sites for hydroxylation is 1. The van der Waals surface area contributed by atoms with Crippen molar-refractivity contribution < 1.29 is 31.9 Å². The Kier molecular flexibility index (Phi) is 6.79. The summed E-state index contributed by atoms with van der Waals surface area (Å²) in [6.45, 7) is 0. The van der Waals surface area contributed by atoms with Crippen LogP contribution < -0.4 is 16.0 Å². The number of carbonyl (C=O) groups is 1. The monoisotopic (exact) mass is 563 g/mol. The van der Waals surface area contributed by atoms with Crippen LogP contribution in [-0.4, -0.2) is 20.6 Å². The van der Waals surface area contributed by atoms with Gasteiger partial charge in [-0.3, -0.25) is 10.1 Å². The number of anilines is 3. The molecule has 0 saturated heterocycles. The van der Waals surface area contributed by atoms with Gasteiger partial charge in [0.2, 0.25) is 5.95 Å². The highest BCUT2D eigenvalue weighted by molar-refractivity contribution is 6.31. The predicted octanol–water partition coefficient (Wildman–Crippen LogP) is 6.05. The number of aliphatic hydroxyl groups is 1. The first kappa shape index (κ1) is 26.6. The first-order valence-corrected chi connectivity index (χ1v) is 11.8. The van der Waals surface area contributed by atoms with Crippen LogP contribution in [0.1, 0.15) is 44.9 Å². The summed E-state index contributed by atoms with van der Waals surface area (Å²) in [5.41, 5.74) is -0.664. The Morgan fingerprint density at radius 1 is 1.08 bits per heavy atom. The number of alkyl halides is 3. The minimum atomic E-state index is -4.88. The van der Waals surface area contributed by atoms with Crippen molar-refractivity contribution in [1.82, 2.24) is 14.9 Å². The number of carbonyl (C=O) groups excluding carboxylic acids is 1. The first-order chi connectivity index (χ1) is 18.4. The average Bonchev–Trinajstić information content (AvgIpc) is 3.42. The summed E-state index contributed by atoms with van der Waals surface area (Å²) >= 11 is 6.32. The van der Waals surface area contributed by atoms with Crippen molar-refractivity contribution in [1.29, 1.82) is 0 Å². The van der Waals surface area contributed by atoms with Crippen LogP contribution in [0.4, 0.5) is 39.3 Å². The van der Waals surface area contributed by atoms with Crippen molar-refractivity contribution in [3.8, 4) is 0 Å². The summed E-state index contributed by atoms with van der Waals surface area (Å²) in [4.78, 5) is 17.3. The van der Waals surface area contributed by atoms with E-state index >= 15 is 0 Å². The summed E-state index contributed by atoms with van der Waals surface area (Å²) in [6, 6.07) is 7.28. The second-order valence-corrected chi connectivity index (χ2v) is 9.27. The van der Waals surface area contributed by atoms with Gasteiger partial charge >= 0.3 is 6.18 Å². The molecule has 2 atom stereocenters. The molecule has 0 radical (unpaired) electrons. The Morgan fingerprint density at radius 2 is 1.85 bits per heavy atom. The van der Waals surface area contributed by atoms with Crippen molar-refractivity contribution >= 4 is 34.8 Å². The van der Waals surface area contributed by atoms with Gasteiger partial charge in [-0.25, -0.2) is 13.8 Å². The lowest BCUT2D eigenvalue weighted by molar-refractivity contribution is -0.137. The van der Waals surface area contributed by atoms with Gasteiger partial charge in [0.1, 0.15) is 17.9 Å². The Balaban J connectivity index is 1.62. The maximum atomic E-state index is 14.1. The quantitative estimate of drug-likeness (QED) is 0.222. The number of nitrogens with one attached hydrogen (secondary N) is 3. The minimum Gasteiger partial charge on any atom is -0.374 e. The van der Waals surface area contributed by atoms with Crippen LogP contribution in [0.25, 0.3) is 0 Å². The fraction of sp³-hybridized carbons (Fsp3) is 0.154. The Hall–Kier alpha value is -4.00. The van der Waals surface area contributed by atoms with E-state index in [2.05, 4.69) is 20.9 Å². The molecule has 39 heavy (non-hydrogen) atoms. The Morgan fingerprint density at radius 3 is 2.54 bits per heavy atom. The number of rotatable bonds is 5. The highest BCUT2D eigenvalue weighted by atomic mass is 35.5. The van der Waals surface area contributed by atoms with Crippen molar-refractivity contribution in [2.75, 3.05) is 10.6 Å². The largest absolute Gasteiger partial charge is 0.416 e. The van der Waals surface area contributed by atoms with Gasteiger partial charge in [-0.2, -0.15) is 13.2 Å². The lowest BCUT2D eigenvalue weighted by Gasteiger charge is -2.20. The molecular weight excluding hydrogens is 545 g/mol. The Bertz CT molecular complexity index is 1590. The smallest absolute Gasteiger partial charge is 0.374 e. The van der Waals surface area contributed by atoms with E-state index in [0.717, 1.165) is 12.1 Å². The van der Waals surface area contributed by atoms with Gasteiger partial charge in [0.05, 0.1) is 11.6 Å². The van der Waals surface area contributed by atoms with Gasteiger partial charge in [-0.15, -0.1) is 0 Å². The molecular formula is C26H19ClF5N5O2. The van der Waals surface area contributed by atoms with Crippen LogP contribution in [0.3, 0.4) is 0 Å². The van der Waals surface area contributed by atoms with Gasteiger partial charge in [0.25, 0.3) is 5.91 Å². The summed E-state index contributed by atoms with van der Waals surface area (Å²) in [5, 5.41) is 19.5.